The van der Waals surface area contributed by atoms with Gasteiger partial charge in [-0.2, -0.15) is 4.31 Å². The Bertz CT molecular complexity index is 946. The van der Waals surface area contributed by atoms with Crippen molar-refractivity contribution >= 4 is 21.6 Å². The summed E-state index contributed by atoms with van der Waals surface area (Å²) in [6.07, 6.45) is 0.984. The fraction of sp³-hybridized carbons (Fsp3) is 0.316. The van der Waals surface area contributed by atoms with E-state index in [0.29, 0.717) is 19.4 Å². The zero-order chi connectivity index (χ0) is 19.6. The van der Waals surface area contributed by atoms with Gasteiger partial charge in [0.2, 0.25) is 15.9 Å². The Morgan fingerprint density at radius 3 is 2.56 bits per heavy atom. The van der Waals surface area contributed by atoms with Gasteiger partial charge in [0.05, 0.1) is 16.5 Å². The van der Waals surface area contributed by atoms with Crippen LogP contribution in [0.25, 0.3) is 0 Å². The fourth-order valence-corrected chi connectivity index (χ4v) is 4.59. The Hall–Kier alpha value is -2.32. The molecule has 8 heteroatoms. The lowest BCUT2D eigenvalue weighted by molar-refractivity contribution is -0.120. The zero-order valence-corrected chi connectivity index (χ0v) is 15.6. The van der Waals surface area contributed by atoms with Crippen molar-refractivity contribution in [1.29, 1.82) is 0 Å². The molecule has 1 aliphatic rings. The zero-order valence-electron chi connectivity index (χ0n) is 14.8. The van der Waals surface area contributed by atoms with Crippen LogP contribution in [0.3, 0.4) is 0 Å². The lowest BCUT2D eigenvalue weighted by Crippen LogP contribution is -2.43. The van der Waals surface area contributed by atoms with Gasteiger partial charge >= 0.3 is 0 Å². The number of halogens is 2. The third kappa shape index (κ3) is 4.33. The van der Waals surface area contributed by atoms with E-state index in [2.05, 4.69) is 5.32 Å². The van der Waals surface area contributed by atoms with E-state index in [4.69, 9.17) is 0 Å². The number of piperidine rings is 1. The predicted octanol–water partition coefficient (Wildman–Crippen LogP) is 3.31. The highest BCUT2D eigenvalue weighted by molar-refractivity contribution is 7.89. The summed E-state index contributed by atoms with van der Waals surface area (Å²) < 4.78 is 53.9. The number of hydrogen-bond acceptors (Lipinski definition) is 3. The van der Waals surface area contributed by atoms with Crippen molar-refractivity contribution in [2.75, 3.05) is 18.4 Å². The van der Waals surface area contributed by atoms with Crippen LogP contribution in [0.5, 0.6) is 0 Å². The largest absolute Gasteiger partial charge is 0.323 e. The molecule has 0 unspecified atom stereocenters. The standard InChI is InChI=1S/C19H20F2N2O3S/c1-13-4-7-16(8-5-13)27(25,26)23-10-2-3-14(12-23)19(24)22-18-11-15(20)6-9-17(18)21/h4-9,11,14H,2-3,10,12H2,1H3,(H,22,24)/t14-/m0/s1. The number of carbonyl (C=O) groups excluding carboxylic acids is 1. The van der Waals surface area contributed by atoms with E-state index in [0.717, 1.165) is 23.8 Å². The Balaban J connectivity index is 1.74. The quantitative estimate of drug-likeness (QED) is 0.865. The summed E-state index contributed by atoms with van der Waals surface area (Å²) in [5.74, 6) is -2.58. The summed E-state index contributed by atoms with van der Waals surface area (Å²) >= 11 is 0. The number of sulfonamides is 1. The summed E-state index contributed by atoms with van der Waals surface area (Å²) in [6.45, 7) is 2.18. The van der Waals surface area contributed by atoms with Crippen LogP contribution in [0.4, 0.5) is 14.5 Å². The van der Waals surface area contributed by atoms with Gasteiger partial charge in [0, 0.05) is 19.2 Å². The van der Waals surface area contributed by atoms with Crippen molar-refractivity contribution in [3.63, 3.8) is 0 Å². The second kappa shape index (κ2) is 7.74. The van der Waals surface area contributed by atoms with Gasteiger partial charge in [0.25, 0.3) is 0 Å². The lowest BCUT2D eigenvalue weighted by Gasteiger charge is -2.31. The Morgan fingerprint density at radius 2 is 1.85 bits per heavy atom. The number of aryl methyl sites for hydroxylation is 1. The van der Waals surface area contributed by atoms with Gasteiger partial charge in [-0.25, -0.2) is 17.2 Å². The fourth-order valence-electron chi connectivity index (χ4n) is 3.06. The van der Waals surface area contributed by atoms with Crippen molar-refractivity contribution in [2.24, 2.45) is 5.92 Å². The molecule has 1 aliphatic heterocycles. The first-order valence-electron chi connectivity index (χ1n) is 8.60. The van der Waals surface area contributed by atoms with Crippen LogP contribution in [0.2, 0.25) is 0 Å². The third-order valence-corrected chi connectivity index (χ3v) is 6.48. The number of amides is 1. The molecule has 1 fully saturated rings. The normalized spacial score (nSPS) is 18.3. The van der Waals surface area contributed by atoms with Crippen LogP contribution in [0.1, 0.15) is 18.4 Å². The maximum atomic E-state index is 13.7. The second-order valence-corrected chi connectivity index (χ2v) is 8.57. The van der Waals surface area contributed by atoms with Crippen LogP contribution in [0.15, 0.2) is 47.4 Å². The van der Waals surface area contributed by atoms with Crippen molar-refractivity contribution in [1.82, 2.24) is 4.31 Å². The highest BCUT2D eigenvalue weighted by Crippen LogP contribution is 2.25. The van der Waals surface area contributed by atoms with Crippen LogP contribution in [-0.2, 0) is 14.8 Å². The number of anilines is 1. The molecule has 0 radical (unpaired) electrons. The summed E-state index contributed by atoms with van der Waals surface area (Å²) in [5.41, 5.74) is 0.695. The first kappa shape index (κ1) is 19.4. The van der Waals surface area contributed by atoms with Gasteiger partial charge in [0.1, 0.15) is 11.6 Å². The Kier molecular flexibility index (Phi) is 5.57. The molecule has 144 valence electrons. The van der Waals surface area contributed by atoms with Crippen molar-refractivity contribution in [3.8, 4) is 0 Å². The Morgan fingerprint density at radius 1 is 1.15 bits per heavy atom. The average Bonchev–Trinajstić information content (AvgIpc) is 2.65. The molecule has 3 rings (SSSR count). The molecule has 0 spiro atoms. The molecule has 1 atom stereocenters. The maximum Gasteiger partial charge on any atom is 0.243 e. The van der Waals surface area contributed by atoms with E-state index in [1.54, 1.807) is 12.1 Å². The topological polar surface area (TPSA) is 66.5 Å². The molecule has 0 saturated carbocycles. The van der Waals surface area contributed by atoms with Crippen molar-refractivity contribution < 1.29 is 22.0 Å². The number of nitrogens with zero attached hydrogens (tertiary/aromatic N) is 1. The molecule has 2 aromatic rings. The van der Waals surface area contributed by atoms with E-state index >= 15 is 0 Å². The van der Waals surface area contributed by atoms with E-state index in [1.165, 1.54) is 16.4 Å². The molecule has 0 aromatic heterocycles. The predicted molar refractivity (Wildman–Crippen MR) is 97.6 cm³/mol. The van der Waals surface area contributed by atoms with Crippen LogP contribution < -0.4 is 5.32 Å². The summed E-state index contributed by atoms with van der Waals surface area (Å²) in [5, 5.41) is 2.36. The summed E-state index contributed by atoms with van der Waals surface area (Å²) in [4.78, 5) is 12.6. The van der Waals surface area contributed by atoms with E-state index in [9.17, 15) is 22.0 Å². The van der Waals surface area contributed by atoms with Crippen LogP contribution in [-0.4, -0.2) is 31.7 Å². The average molecular weight is 394 g/mol. The molecule has 2 aromatic carbocycles. The first-order chi connectivity index (χ1) is 12.8. The lowest BCUT2D eigenvalue weighted by atomic mass is 9.98. The van der Waals surface area contributed by atoms with Gasteiger partial charge in [-0.05, 0) is 44.0 Å². The summed E-state index contributed by atoms with van der Waals surface area (Å²) in [6, 6.07) is 9.30. The number of nitrogens with one attached hydrogen (secondary N) is 1. The molecule has 27 heavy (non-hydrogen) atoms. The van der Waals surface area contributed by atoms with Gasteiger partial charge in [-0.3, -0.25) is 4.79 Å². The molecular weight excluding hydrogens is 374 g/mol. The minimum atomic E-state index is -3.71. The molecule has 1 amide bonds. The second-order valence-electron chi connectivity index (χ2n) is 6.63. The van der Waals surface area contributed by atoms with Gasteiger partial charge in [-0.15, -0.1) is 0 Å². The van der Waals surface area contributed by atoms with Gasteiger partial charge in [-0.1, -0.05) is 17.7 Å². The van der Waals surface area contributed by atoms with Gasteiger partial charge < -0.3 is 5.32 Å². The number of benzene rings is 2. The van der Waals surface area contributed by atoms with Crippen LogP contribution in [0, 0.1) is 24.5 Å². The highest BCUT2D eigenvalue weighted by atomic mass is 32.2. The van der Waals surface area contributed by atoms with Crippen molar-refractivity contribution in [2.45, 2.75) is 24.7 Å². The molecule has 1 heterocycles. The molecule has 5 nitrogen and oxygen atoms in total. The monoisotopic (exact) mass is 394 g/mol. The minimum Gasteiger partial charge on any atom is -0.323 e. The third-order valence-electron chi connectivity index (χ3n) is 4.60. The minimum absolute atomic E-state index is 0.00101. The molecule has 0 aliphatic carbocycles. The van der Waals surface area contributed by atoms with Crippen LogP contribution >= 0.6 is 0 Å². The first-order valence-corrected chi connectivity index (χ1v) is 10.0. The molecular formula is C19H20F2N2O3S. The Labute approximate surface area is 157 Å². The number of carbonyl (C=O) groups is 1. The molecule has 1 saturated heterocycles. The number of rotatable bonds is 4. The SMILES string of the molecule is Cc1ccc(S(=O)(=O)N2CCC[C@H](C(=O)Nc3cc(F)ccc3F)C2)cc1. The summed E-state index contributed by atoms with van der Waals surface area (Å²) in [7, 11) is -3.71. The van der Waals surface area contributed by atoms with Gasteiger partial charge in [0.15, 0.2) is 0 Å². The van der Waals surface area contributed by atoms with E-state index in [-0.39, 0.29) is 17.1 Å². The van der Waals surface area contributed by atoms with E-state index < -0.39 is 33.5 Å². The maximum absolute atomic E-state index is 13.7. The molecule has 0 bridgehead atoms. The van der Waals surface area contributed by atoms with E-state index in [1.807, 2.05) is 6.92 Å². The smallest absolute Gasteiger partial charge is 0.243 e. The van der Waals surface area contributed by atoms with Crippen molar-refractivity contribution in [3.05, 3.63) is 59.7 Å². The highest BCUT2D eigenvalue weighted by Gasteiger charge is 2.33. The molecule has 1 N–H and O–H groups in total. The number of hydrogen-bond donors (Lipinski definition) is 1.